The molecule has 0 unspecified atom stereocenters. The zero-order valence-electron chi connectivity index (χ0n) is 10.9. The van der Waals surface area contributed by atoms with Gasteiger partial charge in [-0.3, -0.25) is 4.79 Å². The predicted molar refractivity (Wildman–Crippen MR) is 75.9 cm³/mol. The van der Waals surface area contributed by atoms with E-state index in [0.717, 1.165) is 5.75 Å². The van der Waals surface area contributed by atoms with Crippen LogP contribution >= 0.6 is 11.8 Å². The highest BCUT2D eigenvalue weighted by Crippen LogP contribution is 2.11. The third-order valence-corrected chi connectivity index (χ3v) is 3.08. The summed E-state index contributed by atoms with van der Waals surface area (Å²) in [6, 6.07) is 5.39. The average molecular weight is 286 g/mol. The minimum Gasteiger partial charge on any atom is -0.492 e. The fraction of sp³-hybridized carbons (Fsp3) is 0.462. The molecule has 0 aliphatic carbocycles. The zero-order valence-corrected chi connectivity index (χ0v) is 11.7. The van der Waals surface area contributed by atoms with Crippen molar-refractivity contribution < 1.29 is 13.9 Å². The molecular formula is C13H19FN2O2S. The van der Waals surface area contributed by atoms with Crippen molar-refractivity contribution in [2.45, 2.75) is 12.5 Å². The number of halogens is 1. The number of nitrogens with two attached hydrogens (primary N) is 1. The lowest BCUT2D eigenvalue weighted by atomic mass is 10.2. The van der Waals surface area contributed by atoms with Gasteiger partial charge in [0.05, 0.1) is 12.6 Å². The highest BCUT2D eigenvalue weighted by atomic mass is 32.2. The number of amides is 1. The number of thioether (sulfide) groups is 1. The highest BCUT2D eigenvalue weighted by Gasteiger charge is 2.11. The number of nitrogens with one attached hydrogen (secondary N) is 1. The van der Waals surface area contributed by atoms with Gasteiger partial charge in [-0.05, 0) is 30.6 Å². The zero-order chi connectivity index (χ0) is 14.1. The SMILES string of the molecule is CSCC[C@H](N)C(=O)NCCOc1cccc(F)c1. The Labute approximate surface area is 116 Å². The summed E-state index contributed by atoms with van der Waals surface area (Å²) >= 11 is 1.65. The number of hydrogen-bond donors (Lipinski definition) is 2. The topological polar surface area (TPSA) is 64.4 Å². The normalized spacial score (nSPS) is 11.9. The molecule has 0 bridgehead atoms. The molecule has 0 heterocycles. The van der Waals surface area contributed by atoms with Crippen molar-refractivity contribution in [3.8, 4) is 5.75 Å². The van der Waals surface area contributed by atoms with Crippen LogP contribution in [0.5, 0.6) is 5.75 Å². The first kappa shape index (κ1) is 15.8. The molecule has 1 atom stereocenters. The molecule has 19 heavy (non-hydrogen) atoms. The van der Waals surface area contributed by atoms with Crippen molar-refractivity contribution in [1.29, 1.82) is 0 Å². The molecule has 0 fully saturated rings. The van der Waals surface area contributed by atoms with E-state index in [4.69, 9.17) is 10.5 Å². The van der Waals surface area contributed by atoms with Crippen LogP contribution in [0.2, 0.25) is 0 Å². The maximum absolute atomic E-state index is 12.9. The molecule has 0 spiro atoms. The molecule has 0 aromatic heterocycles. The summed E-state index contributed by atoms with van der Waals surface area (Å²) < 4.78 is 18.2. The molecule has 6 heteroatoms. The summed E-state index contributed by atoms with van der Waals surface area (Å²) in [6.45, 7) is 0.632. The number of ether oxygens (including phenoxy) is 1. The Morgan fingerprint density at radius 1 is 1.58 bits per heavy atom. The standard InChI is InChI=1S/C13H19FN2O2S/c1-19-8-5-12(15)13(17)16-6-7-18-11-4-2-3-10(14)9-11/h2-4,9,12H,5-8,15H2,1H3,(H,16,17)/t12-/m0/s1. The van der Waals surface area contributed by atoms with Crippen LogP contribution in [0, 0.1) is 5.82 Å². The lowest BCUT2D eigenvalue weighted by Gasteiger charge is -2.12. The molecule has 4 nitrogen and oxygen atoms in total. The van der Waals surface area contributed by atoms with E-state index in [2.05, 4.69) is 5.32 Å². The molecule has 0 radical (unpaired) electrons. The van der Waals surface area contributed by atoms with Gasteiger partial charge in [0.25, 0.3) is 0 Å². The summed E-state index contributed by atoms with van der Waals surface area (Å²) in [5.41, 5.74) is 5.70. The van der Waals surface area contributed by atoms with E-state index in [1.54, 1.807) is 23.9 Å². The summed E-state index contributed by atoms with van der Waals surface area (Å²) in [5.74, 6) is 0.771. The summed E-state index contributed by atoms with van der Waals surface area (Å²) in [7, 11) is 0. The Morgan fingerprint density at radius 2 is 2.37 bits per heavy atom. The van der Waals surface area contributed by atoms with Crippen molar-refractivity contribution in [2.24, 2.45) is 5.73 Å². The van der Waals surface area contributed by atoms with E-state index in [9.17, 15) is 9.18 Å². The third kappa shape index (κ3) is 6.45. The van der Waals surface area contributed by atoms with Gasteiger partial charge in [-0.2, -0.15) is 11.8 Å². The Morgan fingerprint density at radius 3 is 3.05 bits per heavy atom. The second-order valence-corrected chi connectivity index (χ2v) is 4.97. The van der Waals surface area contributed by atoms with Gasteiger partial charge in [0.1, 0.15) is 18.2 Å². The molecule has 1 aromatic rings. The van der Waals surface area contributed by atoms with Crippen LogP contribution in [-0.2, 0) is 4.79 Å². The second kappa shape index (κ2) is 8.77. The fourth-order valence-corrected chi connectivity index (χ4v) is 1.90. The second-order valence-electron chi connectivity index (χ2n) is 3.98. The van der Waals surface area contributed by atoms with Gasteiger partial charge in [-0.25, -0.2) is 4.39 Å². The van der Waals surface area contributed by atoms with Crippen LogP contribution in [0.4, 0.5) is 4.39 Å². The van der Waals surface area contributed by atoms with Gasteiger partial charge in [-0.1, -0.05) is 6.07 Å². The molecule has 0 saturated carbocycles. The fourth-order valence-electron chi connectivity index (χ4n) is 1.41. The number of rotatable bonds is 8. The van der Waals surface area contributed by atoms with Crippen LogP contribution in [0.1, 0.15) is 6.42 Å². The van der Waals surface area contributed by atoms with Crippen molar-refractivity contribution in [2.75, 3.05) is 25.2 Å². The van der Waals surface area contributed by atoms with Crippen LogP contribution in [0.25, 0.3) is 0 Å². The summed E-state index contributed by atoms with van der Waals surface area (Å²) in [4.78, 5) is 11.6. The molecule has 1 aromatic carbocycles. The number of hydrogen-bond acceptors (Lipinski definition) is 4. The van der Waals surface area contributed by atoms with Crippen LogP contribution < -0.4 is 15.8 Å². The van der Waals surface area contributed by atoms with E-state index in [1.807, 2.05) is 6.26 Å². The van der Waals surface area contributed by atoms with Gasteiger partial charge in [0.15, 0.2) is 0 Å². The van der Waals surface area contributed by atoms with Crippen LogP contribution in [0.3, 0.4) is 0 Å². The maximum atomic E-state index is 12.9. The first-order valence-electron chi connectivity index (χ1n) is 6.04. The summed E-state index contributed by atoms with van der Waals surface area (Å²) in [5, 5.41) is 2.68. The van der Waals surface area contributed by atoms with Gasteiger partial charge in [-0.15, -0.1) is 0 Å². The van der Waals surface area contributed by atoms with Crippen molar-refractivity contribution in [1.82, 2.24) is 5.32 Å². The largest absolute Gasteiger partial charge is 0.492 e. The maximum Gasteiger partial charge on any atom is 0.237 e. The van der Waals surface area contributed by atoms with Gasteiger partial charge >= 0.3 is 0 Å². The van der Waals surface area contributed by atoms with Crippen LogP contribution in [-0.4, -0.2) is 37.1 Å². The van der Waals surface area contributed by atoms with Gasteiger partial charge in [0, 0.05) is 6.07 Å². The minimum absolute atomic E-state index is 0.183. The van der Waals surface area contributed by atoms with Crippen molar-refractivity contribution in [3.63, 3.8) is 0 Å². The summed E-state index contributed by atoms with van der Waals surface area (Å²) in [6.07, 6.45) is 2.62. The molecule has 1 amide bonds. The molecule has 0 saturated heterocycles. The number of carbonyl (C=O) groups is 1. The Balaban J connectivity index is 2.18. The van der Waals surface area contributed by atoms with Crippen LogP contribution in [0.15, 0.2) is 24.3 Å². The van der Waals surface area contributed by atoms with Crippen molar-refractivity contribution in [3.05, 3.63) is 30.1 Å². The van der Waals surface area contributed by atoms with Gasteiger partial charge in [0.2, 0.25) is 5.91 Å². The highest BCUT2D eigenvalue weighted by molar-refractivity contribution is 7.98. The predicted octanol–water partition coefficient (Wildman–Crippen LogP) is 1.40. The number of carbonyl (C=O) groups excluding carboxylic acids is 1. The first-order valence-corrected chi connectivity index (χ1v) is 7.43. The van der Waals surface area contributed by atoms with E-state index in [-0.39, 0.29) is 18.3 Å². The van der Waals surface area contributed by atoms with E-state index in [0.29, 0.717) is 18.7 Å². The lowest BCUT2D eigenvalue weighted by Crippen LogP contribution is -2.42. The van der Waals surface area contributed by atoms with Crippen molar-refractivity contribution >= 4 is 17.7 Å². The Hall–Kier alpha value is -1.27. The monoisotopic (exact) mass is 286 g/mol. The Kier molecular flexibility index (Phi) is 7.28. The molecule has 1 rings (SSSR count). The molecule has 3 N–H and O–H groups in total. The molecule has 106 valence electrons. The smallest absolute Gasteiger partial charge is 0.237 e. The quantitative estimate of drug-likeness (QED) is 0.709. The van der Waals surface area contributed by atoms with Gasteiger partial charge < -0.3 is 15.8 Å². The third-order valence-electron chi connectivity index (χ3n) is 2.44. The molecule has 0 aliphatic rings. The molecule has 0 aliphatic heterocycles. The average Bonchev–Trinajstić information content (AvgIpc) is 2.40. The molecular weight excluding hydrogens is 267 g/mol. The first-order chi connectivity index (χ1) is 9.13. The Bertz CT molecular complexity index is 404. The van der Waals surface area contributed by atoms with E-state index in [1.165, 1.54) is 12.1 Å². The van der Waals surface area contributed by atoms with E-state index < -0.39 is 6.04 Å². The number of benzene rings is 1. The lowest BCUT2D eigenvalue weighted by molar-refractivity contribution is -0.122. The van der Waals surface area contributed by atoms with E-state index >= 15 is 0 Å². The minimum atomic E-state index is -0.485.